The molecule has 0 saturated heterocycles. The summed E-state index contributed by atoms with van der Waals surface area (Å²) in [7, 11) is 0. The van der Waals surface area contributed by atoms with Crippen LogP contribution in [-0.2, 0) is 11.2 Å². The summed E-state index contributed by atoms with van der Waals surface area (Å²) in [4.78, 5) is 23.9. The maximum absolute atomic E-state index is 12.1. The van der Waals surface area contributed by atoms with Crippen molar-refractivity contribution in [3.63, 3.8) is 0 Å². The average molecular weight is 394 g/mol. The first-order chi connectivity index (χ1) is 13.1. The molecule has 0 radical (unpaired) electrons. The molecular formula is C20H21F3N2O3. The lowest BCUT2D eigenvalue weighted by Gasteiger charge is -2.10. The number of halogens is 3. The molecule has 0 bridgehead atoms. The van der Waals surface area contributed by atoms with Crippen LogP contribution in [0.25, 0.3) is 0 Å². The minimum Gasteiger partial charge on any atom is -0.406 e. The number of ether oxygens (including phenoxy) is 1. The van der Waals surface area contributed by atoms with Crippen molar-refractivity contribution in [1.82, 2.24) is 10.6 Å². The van der Waals surface area contributed by atoms with Crippen LogP contribution in [-0.4, -0.2) is 31.3 Å². The second kappa shape index (κ2) is 9.25. The molecule has 2 amide bonds. The Morgan fingerprint density at radius 1 is 0.964 bits per heavy atom. The lowest BCUT2D eigenvalue weighted by molar-refractivity contribution is -0.274. The van der Waals surface area contributed by atoms with E-state index in [4.69, 9.17) is 0 Å². The summed E-state index contributed by atoms with van der Waals surface area (Å²) in [5.41, 5.74) is 3.16. The second-order valence-electron chi connectivity index (χ2n) is 6.35. The van der Waals surface area contributed by atoms with E-state index in [1.165, 1.54) is 24.3 Å². The van der Waals surface area contributed by atoms with E-state index in [9.17, 15) is 22.8 Å². The van der Waals surface area contributed by atoms with Crippen LogP contribution in [0, 0.1) is 13.8 Å². The van der Waals surface area contributed by atoms with Crippen LogP contribution in [0.15, 0.2) is 42.5 Å². The van der Waals surface area contributed by atoms with Crippen molar-refractivity contribution >= 4 is 11.8 Å². The summed E-state index contributed by atoms with van der Waals surface area (Å²) in [6, 6.07) is 10.9. The molecule has 8 heteroatoms. The molecule has 0 saturated carbocycles. The van der Waals surface area contributed by atoms with Gasteiger partial charge in [0.1, 0.15) is 5.75 Å². The number of hydrogen-bond donors (Lipinski definition) is 2. The lowest BCUT2D eigenvalue weighted by Crippen LogP contribution is -2.37. The summed E-state index contributed by atoms with van der Waals surface area (Å²) in [5, 5.41) is 5.21. The van der Waals surface area contributed by atoms with Gasteiger partial charge in [-0.25, -0.2) is 0 Å². The van der Waals surface area contributed by atoms with Gasteiger partial charge in [-0.1, -0.05) is 29.3 Å². The van der Waals surface area contributed by atoms with Gasteiger partial charge in [0.25, 0.3) is 5.91 Å². The lowest BCUT2D eigenvalue weighted by atomic mass is 10.1. The van der Waals surface area contributed by atoms with Crippen LogP contribution < -0.4 is 15.4 Å². The number of carbonyl (C=O) groups is 2. The Hall–Kier alpha value is -3.03. The molecule has 0 spiro atoms. The van der Waals surface area contributed by atoms with Crippen molar-refractivity contribution in [2.75, 3.05) is 13.1 Å². The van der Waals surface area contributed by atoms with E-state index < -0.39 is 6.36 Å². The van der Waals surface area contributed by atoms with Gasteiger partial charge in [-0.2, -0.15) is 0 Å². The van der Waals surface area contributed by atoms with Crippen molar-refractivity contribution in [3.05, 3.63) is 64.7 Å². The third-order valence-corrected chi connectivity index (χ3v) is 3.79. The summed E-state index contributed by atoms with van der Waals surface area (Å²) in [6.07, 6.45) is -4.29. The topological polar surface area (TPSA) is 67.4 Å². The molecule has 0 aliphatic rings. The molecule has 0 aliphatic carbocycles. The van der Waals surface area contributed by atoms with Gasteiger partial charge in [0, 0.05) is 12.1 Å². The third kappa shape index (κ3) is 7.30. The van der Waals surface area contributed by atoms with E-state index >= 15 is 0 Å². The van der Waals surface area contributed by atoms with E-state index in [-0.39, 0.29) is 30.7 Å². The molecule has 2 aromatic carbocycles. The molecule has 5 nitrogen and oxygen atoms in total. The quantitative estimate of drug-likeness (QED) is 0.757. The highest BCUT2D eigenvalue weighted by Crippen LogP contribution is 2.22. The summed E-state index contributed by atoms with van der Waals surface area (Å²) < 4.78 is 40.1. The zero-order valence-electron chi connectivity index (χ0n) is 15.5. The average Bonchev–Trinajstić information content (AvgIpc) is 2.59. The number of benzene rings is 2. The van der Waals surface area contributed by atoms with Crippen LogP contribution in [0.4, 0.5) is 13.2 Å². The summed E-state index contributed by atoms with van der Waals surface area (Å²) >= 11 is 0. The molecule has 0 fully saturated rings. The first kappa shape index (κ1) is 21.3. The van der Waals surface area contributed by atoms with E-state index in [1.807, 2.05) is 19.9 Å². The SMILES string of the molecule is Cc1cc(C)cc(C(=O)NCC(=O)NCCc2ccc(OC(F)(F)F)cc2)c1. The van der Waals surface area contributed by atoms with Crippen LogP contribution in [0.1, 0.15) is 27.0 Å². The largest absolute Gasteiger partial charge is 0.573 e. The molecule has 28 heavy (non-hydrogen) atoms. The first-order valence-electron chi connectivity index (χ1n) is 8.60. The molecule has 2 N–H and O–H groups in total. The Kier molecular flexibility index (Phi) is 7.03. The minimum atomic E-state index is -4.73. The Labute approximate surface area is 160 Å². The number of amides is 2. The molecule has 150 valence electrons. The van der Waals surface area contributed by atoms with Gasteiger partial charge in [0.15, 0.2) is 0 Å². The number of hydrogen-bond acceptors (Lipinski definition) is 3. The van der Waals surface area contributed by atoms with Crippen LogP contribution in [0.2, 0.25) is 0 Å². The Morgan fingerprint density at radius 3 is 2.14 bits per heavy atom. The number of rotatable bonds is 7. The maximum Gasteiger partial charge on any atom is 0.573 e. The minimum absolute atomic E-state index is 0.163. The summed E-state index contributed by atoms with van der Waals surface area (Å²) in [5.74, 6) is -0.980. The van der Waals surface area contributed by atoms with Crippen LogP contribution >= 0.6 is 0 Å². The van der Waals surface area contributed by atoms with Crippen molar-refractivity contribution in [2.45, 2.75) is 26.6 Å². The van der Waals surface area contributed by atoms with Gasteiger partial charge in [-0.3, -0.25) is 9.59 Å². The molecule has 0 unspecified atom stereocenters. The van der Waals surface area contributed by atoms with Crippen molar-refractivity contribution in [2.24, 2.45) is 0 Å². The van der Waals surface area contributed by atoms with Crippen molar-refractivity contribution in [3.8, 4) is 5.75 Å². The van der Waals surface area contributed by atoms with Crippen molar-refractivity contribution in [1.29, 1.82) is 0 Å². The van der Waals surface area contributed by atoms with Crippen molar-refractivity contribution < 1.29 is 27.5 Å². The zero-order valence-corrected chi connectivity index (χ0v) is 15.5. The Morgan fingerprint density at radius 2 is 1.57 bits per heavy atom. The number of nitrogens with one attached hydrogen (secondary N) is 2. The van der Waals surface area contributed by atoms with Gasteiger partial charge in [-0.15, -0.1) is 13.2 Å². The Balaban J connectivity index is 1.73. The van der Waals surface area contributed by atoms with Gasteiger partial charge in [0.05, 0.1) is 6.54 Å². The van der Waals surface area contributed by atoms with Gasteiger partial charge >= 0.3 is 6.36 Å². The second-order valence-corrected chi connectivity index (χ2v) is 6.35. The molecule has 0 atom stereocenters. The standard InChI is InChI=1S/C20H21F3N2O3/c1-13-9-14(2)11-16(10-13)19(27)25-12-18(26)24-8-7-15-3-5-17(6-4-15)28-20(21,22)23/h3-6,9-11H,7-8,12H2,1-2H3,(H,24,26)(H,25,27). The van der Waals surface area contributed by atoms with Gasteiger partial charge in [-0.05, 0) is 50.1 Å². The Bertz CT molecular complexity index is 813. The highest BCUT2D eigenvalue weighted by molar-refractivity contribution is 5.96. The maximum atomic E-state index is 12.1. The molecule has 0 aliphatic heterocycles. The van der Waals surface area contributed by atoms with E-state index in [1.54, 1.807) is 12.1 Å². The van der Waals surface area contributed by atoms with Crippen LogP contribution in [0.5, 0.6) is 5.75 Å². The normalized spacial score (nSPS) is 11.0. The van der Waals surface area contributed by atoms with Gasteiger partial charge in [0.2, 0.25) is 5.91 Å². The fraction of sp³-hybridized carbons (Fsp3) is 0.300. The third-order valence-electron chi connectivity index (χ3n) is 3.79. The predicted octanol–water partition coefficient (Wildman–Crippen LogP) is 3.29. The van der Waals surface area contributed by atoms with E-state index in [0.717, 1.165) is 16.7 Å². The predicted molar refractivity (Wildman–Crippen MR) is 98.1 cm³/mol. The monoisotopic (exact) mass is 394 g/mol. The summed E-state index contributed by atoms with van der Waals surface area (Å²) in [6.45, 7) is 3.90. The number of alkyl halides is 3. The van der Waals surface area contributed by atoms with Crippen LogP contribution in [0.3, 0.4) is 0 Å². The molecule has 0 heterocycles. The highest BCUT2D eigenvalue weighted by atomic mass is 19.4. The molecular weight excluding hydrogens is 373 g/mol. The van der Waals surface area contributed by atoms with Gasteiger partial charge < -0.3 is 15.4 Å². The molecule has 2 aromatic rings. The van der Waals surface area contributed by atoms with E-state index in [0.29, 0.717) is 12.0 Å². The highest BCUT2D eigenvalue weighted by Gasteiger charge is 2.30. The first-order valence-corrected chi connectivity index (χ1v) is 8.60. The molecule has 2 rings (SSSR count). The number of carbonyl (C=O) groups excluding carboxylic acids is 2. The fourth-order valence-corrected chi connectivity index (χ4v) is 2.63. The zero-order chi connectivity index (χ0) is 20.7. The smallest absolute Gasteiger partial charge is 0.406 e. The molecule has 0 aromatic heterocycles. The van der Waals surface area contributed by atoms with E-state index in [2.05, 4.69) is 15.4 Å². The fourth-order valence-electron chi connectivity index (χ4n) is 2.63. The number of aryl methyl sites for hydroxylation is 2.